The Morgan fingerprint density at radius 1 is 1.12 bits per heavy atom. The van der Waals surface area contributed by atoms with Crippen LogP contribution in [0.15, 0.2) is 54.6 Å². The van der Waals surface area contributed by atoms with Gasteiger partial charge in [-0.15, -0.1) is 0 Å². The van der Waals surface area contributed by atoms with Gasteiger partial charge in [-0.1, -0.05) is 54.6 Å². The summed E-state index contributed by atoms with van der Waals surface area (Å²) in [6, 6.07) is 18.7. The minimum Gasteiger partial charge on any atom is -0.395 e. The maximum atomic E-state index is 12.7. The van der Waals surface area contributed by atoms with E-state index in [1.165, 1.54) is 11.1 Å². The highest BCUT2D eigenvalue weighted by Gasteiger charge is 2.29. The number of amides is 1. The molecule has 3 rings (SSSR count). The van der Waals surface area contributed by atoms with Crippen molar-refractivity contribution in [3.8, 4) is 0 Å². The zero-order chi connectivity index (χ0) is 17.6. The summed E-state index contributed by atoms with van der Waals surface area (Å²) in [4.78, 5) is 16.6. The molecule has 25 heavy (non-hydrogen) atoms. The van der Waals surface area contributed by atoms with Crippen molar-refractivity contribution in [2.75, 3.05) is 26.7 Å². The van der Waals surface area contributed by atoms with E-state index in [2.05, 4.69) is 29.2 Å². The zero-order valence-electron chi connectivity index (χ0n) is 14.8. The lowest BCUT2D eigenvalue weighted by Gasteiger charge is -2.30. The fraction of sp³-hybridized carbons (Fsp3) is 0.381. The Balaban J connectivity index is 1.66. The van der Waals surface area contributed by atoms with Crippen molar-refractivity contribution >= 4 is 5.91 Å². The molecular formula is C21H26N2O2. The first-order chi connectivity index (χ1) is 12.2. The Morgan fingerprint density at radius 2 is 1.84 bits per heavy atom. The van der Waals surface area contributed by atoms with E-state index in [4.69, 9.17) is 0 Å². The molecule has 0 radical (unpaired) electrons. The van der Waals surface area contributed by atoms with Crippen LogP contribution in [0.5, 0.6) is 0 Å². The maximum Gasteiger partial charge on any atom is 0.236 e. The lowest BCUT2D eigenvalue weighted by molar-refractivity contribution is -0.132. The second kappa shape index (κ2) is 8.28. The molecule has 1 amide bonds. The molecule has 4 nitrogen and oxygen atoms in total. The van der Waals surface area contributed by atoms with Crippen LogP contribution in [0.1, 0.15) is 29.2 Å². The van der Waals surface area contributed by atoms with E-state index in [1.54, 1.807) is 4.90 Å². The molecule has 0 fully saturated rings. The van der Waals surface area contributed by atoms with Crippen LogP contribution in [0.4, 0.5) is 0 Å². The molecule has 0 spiro atoms. The third-order valence-corrected chi connectivity index (χ3v) is 4.96. The quantitative estimate of drug-likeness (QED) is 0.844. The van der Waals surface area contributed by atoms with Crippen molar-refractivity contribution < 1.29 is 9.90 Å². The summed E-state index contributed by atoms with van der Waals surface area (Å²) in [5.41, 5.74) is 3.79. The van der Waals surface area contributed by atoms with Crippen LogP contribution >= 0.6 is 0 Å². The van der Waals surface area contributed by atoms with Crippen LogP contribution in [-0.4, -0.2) is 47.6 Å². The van der Waals surface area contributed by atoms with Gasteiger partial charge in [-0.2, -0.15) is 0 Å². The third-order valence-electron chi connectivity index (χ3n) is 4.96. The first-order valence-electron chi connectivity index (χ1n) is 8.89. The van der Waals surface area contributed by atoms with E-state index in [1.807, 2.05) is 37.4 Å². The number of fused-ring (bicyclic) bond motifs is 1. The SMILES string of the molecule is CN(Cc1ccccc1)C(=O)CN(CCO)C1CCc2ccccc21. The predicted molar refractivity (Wildman–Crippen MR) is 99.1 cm³/mol. The maximum absolute atomic E-state index is 12.7. The summed E-state index contributed by atoms with van der Waals surface area (Å²) in [7, 11) is 1.84. The highest BCUT2D eigenvalue weighted by atomic mass is 16.3. The number of carbonyl (C=O) groups is 1. The van der Waals surface area contributed by atoms with Gasteiger partial charge in [0, 0.05) is 26.2 Å². The summed E-state index contributed by atoms with van der Waals surface area (Å²) in [5.74, 6) is 0.0849. The van der Waals surface area contributed by atoms with E-state index < -0.39 is 0 Å². The van der Waals surface area contributed by atoms with Crippen molar-refractivity contribution in [2.24, 2.45) is 0 Å². The summed E-state index contributed by atoms with van der Waals surface area (Å²) in [6.07, 6.45) is 2.05. The van der Waals surface area contributed by atoms with E-state index >= 15 is 0 Å². The number of rotatable bonds is 7. The number of nitrogens with zero attached hydrogens (tertiary/aromatic N) is 2. The second-order valence-corrected chi connectivity index (χ2v) is 6.68. The van der Waals surface area contributed by atoms with E-state index in [-0.39, 0.29) is 18.6 Å². The van der Waals surface area contributed by atoms with Crippen LogP contribution in [0.25, 0.3) is 0 Å². The van der Waals surface area contributed by atoms with Crippen molar-refractivity contribution in [3.05, 3.63) is 71.3 Å². The molecule has 1 aliphatic rings. The number of benzene rings is 2. The van der Waals surface area contributed by atoms with Gasteiger partial charge in [-0.05, 0) is 29.5 Å². The van der Waals surface area contributed by atoms with Crippen molar-refractivity contribution in [2.45, 2.75) is 25.4 Å². The first-order valence-corrected chi connectivity index (χ1v) is 8.89. The summed E-state index contributed by atoms with van der Waals surface area (Å²) in [6.45, 7) is 1.52. The lowest BCUT2D eigenvalue weighted by Crippen LogP contribution is -2.40. The minimum atomic E-state index is 0.0638. The van der Waals surface area contributed by atoms with Crippen LogP contribution < -0.4 is 0 Å². The molecule has 0 saturated heterocycles. The van der Waals surface area contributed by atoms with Gasteiger partial charge in [0.2, 0.25) is 5.91 Å². The summed E-state index contributed by atoms with van der Waals surface area (Å²) in [5, 5.41) is 9.47. The first kappa shape index (κ1) is 17.6. The number of hydrogen-bond acceptors (Lipinski definition) is 3. The number of aryl methyl sites for hydroxylation is 1. The Morgan fingerprint density at radius 3 is 2.60 bits per heavy atom. The Bertz CT molecular complexity index is 702. The Kier molecular flexibility index (Phi) is 5.84. The molecule has 1 N–H and O–H groups in total. The number of aliphatic hydroxyl groups is 1. The molecule has 2 aromatic rings. The molecule has 1 unspecified atom stereocenters. The molecule has 0 aromatic heterocycles. The van der Waals surface area contributed by atoms with Crippen LogP contribution in [0.3, 0.4) is 0 Å². The molecule has 0 saturated carbocycles. The van der Waals surface area contributed by atoms with E-state index in [9.17, 15) is 9.90 Å². The van der Waals surface area contributed by atoms with Crippen LogP contribution in [-0.2, 0) is 17.8 Å². The number of hydrogen-bond donors (Lipinski definition) is 1. The average Bonchev–Trinajstić information content (AvgIpc) is 3.06. The molecule has 1 atom stereocenters. The normalized spacial score (nSPS) is 16.0. The molecule has 4 heteroatoms. The second-order valence-electron chi connectivity index (χ2n) is 6.68. The highest BCUT2D eigenvalue weighted by molar-refractivity contribution is 5.78. The van der Waals surface area contributed by atoms with Gasteiger partial charge in [-0.25, -0.2) is 0 Å². The highest BCUT2D eigenvalue weighted by Crippen LogP contribution is 2.35. The standard InChI is InChI=1S/C21H26N2O2/c1-22(15-17-7-3-2-4-8-17)21(25)16-23(13-14-24)20-12-11-18-9-5-6-10-19(18)20/h2-10,20,24H,11-16H2,1H3. The number of carbonyl (C=O) groups excluding carboxylic acids is 1. The van der Waals surface area contributed by atoms with Gasteiger partial charge in [0.05, 0.1) is 13.2 Å². The fourth-order valence-corrected chi connectivity index (χ4v) is 3.63. The third kappa shape index (κ3) is 4.27. The Hall–Kier alpha value is -2.17. The van der Waals surface area contributed by atoms with Gasteiger partial charge < -0.3 is 10.0 Å². The van der Waals surface area contributed by atoms with E-state index in [0.717, 1.165) is 18.4 Å². The molecule has 1 aliphatic carbocycles. The molecule has 2 aromatic carbocycles. The molecule has 0 heterocycles. The average molecular weight is 338 g/mol. The topological polar surface area (TPSA) is 43.8 Å². The molecule has 0 bridgehead atoms. The van der Waals surface area contributed by atoms with Gasteiger partial charge in [0.1, 0.15) is 0 Å². The molecule has 132 valence electrons. The van der Waals surface area contributed by atoms with Gasteiger partial charge >= 0.3 is 0 Å². The smallest absolute Gasteiger partial charge is 0.236 e. The van der Waals surface area contributed by atoms with Crippen LogP contribution in [0, 0.1) is 0 Å². The fourth-order valence-electron chi connectivity index (χ4n) is 3.63. The van der Waals surface area contributed by atoms with E-state index in [0.29, 0.717) is 19.6 Å². The zero-order valence-corrected chi connectivity index (χ0v) is 14.8. The predicted octanol–water partition coefficient (Wildman–Crippen LogP) is 2.63. The monoisotopic (exact) mass is 338 g/mol. The number of aliphatic hydroxyl groups excluding tert-OH is 1. The minimum absolute atomic E-state index is 0.0638. The Labute approximate surface area is 149 Å². The van der Waals surface area contributed by atoms with Crippen LogP contribution in [0.2, 0.25) is 0 Å². The lowest BCUT2D eigenvalue weighted by atomic mass is 10.1. The van der Waals surface area contributed by atoms with Gasteiger partial charge in [-0.3, -0.25) is 9.69 Å². The van der Waals surface area contributed by atoms with Crippen molar-refractivity contribution in [1.82, 2.24) is 9.80 Å². The van der Waals surface area contributed by atoms with Crippen molar-refractivity contribution in [3.63, 3.8) is 0 Å². The largest absolute Gasteiger partial charge is 0.395 e. The molecular weight excluding hydrogens is 312 g/mol. The summed E-state index contributed by atoms with van der Waals surface area (Å²) >= 11 is 0. The van der Waals surface area contributed by atoms with Gasteiger partial charge in [0.25, 0.3) is 0 Å². The molecule has 0 aliphatic heterocycles. The van der Waals surface area contributed by atoms with Gasteiger partial charge in [0.15, 0.2) is 0 Å². The number of likely N-dealkylation sites (N-methyl/N-ethyl adjacent to an activating group) is 1. The summed E-state index contributed by atoms with van der Waals surface area (Å²) < 4.78 is 0. The van der Waals surface area contributed by atoms with Crippen molar-refractivity contribution in [1.29, 1.82) is 0 Å².